The molecule has 2 aromatic rings. The molecule has 1 aromatic heterocycles. The number of hydrogen-bond acceptors (Lipinski definition) is 4. The molecule has 0 atom stereocenters. The average molecular weight is 246 g/mol. The van der Waals surface area contributed by atoms with Crippen molar-refractivity contribution in [3.8, 4) is 11.8 Å². The minimum absolute atomic E-state index is 0.236. The third kappa shape index (κ3) is 2.71. The Kier molecular flexibility index (Phi) is 3.67. The van der Waals surface area contributed by atoms with E-state index in [4.69, 9.17) is 14.9 Å². The van der Waals surface area contributed by atoms with E-state index >= 15 is 0 Å². The normalized spacial score (nSPS) is 10.9. The summed E-state index contributed by atoms with van der Waals surface area (Å²) in [5.74, 6) is 1.23. The molecular weight excluding hydrogens is 228 g/mol. The molecular formula is C14H18N2O2. The zero-order chi connectivity index (χ0) is 13.1. The van der Waals surface area contributed by atoms with Gasteiger partial charge in [-0.15, -0.1) is 0 Å². The Hall–Kier alpha value is -1.81. The predicted octanol–water partition coefficient (Wildman–Crippen LogP) is 3.36. The van der Waals surface area contributed by atoms with Gasteiger partial charge in [-0.3, -0.25) is 0 Å². The van der Waals surface area contributed by atoms with Gasteiger partial charge in [0.1, 0.15) is 12.0 Å². The molecule has 4 heteroatoms. The Morgan fingerprint density at radius 2 is 2.17 bits per heavy atom. The Morgan fingerprint density at radius 3 is 2.78 bits per heavy atom. The lowest BCUT2D eigenvalue weighted by atomic mass is 10.0. The molecule has 0 saturated heterocycles. The third-order valence-electron chi connectivity index (χ3n) is 2.82. The fraction of sp³-hybridized carbons (Fsp3) is 0.357. The summed E-state index contributed by atoms with van der Waals surface area (Å²) in [7, 11) is 0. The molecule has 2 rings (SSSR count). The van der Waals surface area contributed by atoms with E-state index < -0.39 is 0 Å². The van der Waals surface area contributed by atoms with Crippen LogP contribution in [-0.2, 0) is 6.54 Å². The van der Waals surface area contributed by atoms with Gasteiger partial charge < -0.3 is 14.9 Å². The number of aromatic nitrogens is 1. The van der Waals surface area contributed by atoms with Crippen LogP contribution in [0.25, 0.3) is 0 Å². The molecule has 0 unspecified atom stereocenters. The highest BCUT2D eigenvalue weighted by molar-refractivity contribution is 5.39. The van der Waals surface area contributed by atoms with Crippen LogP contribution in [0.2, 0.25) is 0 Å². The highest BCUT2D eigenvalue weighted by Crippen LogP contribution is 2.28. The van der Waals surface area contributed by atoms with Crippen LogP contribution < -0.4 is 10.5 Å². The molecule has 0 amide bonds. The summed E-state index contributed by atoms with van der Waals surface area (Å²) in [6.45, 7) is 6.63. The maximum atomic E-state index is 5.65. The molecule has 0 spiro atoms. The summed E-state index contributed by atoms with van der Waals surface area (Å²) >= 11 is 0. The summed E-state index contributed by atoms with van der Waals surface area (Å²) < 4.78 is 10.9. The Bertz CT molecular complexity index is 532. The summed E-state index contributed by atoms with van der Waals surface area (Å²) in [5, 5.41) is 0. The van der Waals surface area contributed by atoms with Gasteiger partial charge >= 0.3 is 6.08 Å². The summed E-state index contributed by atoms with van der Waals surface area (Å²) in [5.41, 5.74) is 8.43. The molecule has 4 nitrogen and oxygen atoms in total. The van der Waals surface area contributed by atoms with Crippen molar-refractivity contribution in [3.63, 3.8) is 0 Å². The van der Waals surface area contributed by atoms with Gasteiger partial charge in [-0.05, 0) is 30.0 Å². The molecule has 0 saturated carbocycles. The van der Waals surface area contributed by atoms with E-state index in [1.54, 1.807) is 0 Å². The topological polar surface area (TPSA) is 61.3 Å². The molecule has 1 aromatic carbocycles. The van der Waals surface area contributed by atoms with Crippen molar-refractivity contribution in [3.05, 3.63) is 41.3 Å². The zero-order valence-electron chi connectivity index (χ0n) is 10.9. The van der Waals surface area contributed by atoms with Gasteiger partial charge in [0.15, 0.2) is 0 Å². The number of rotatable bonds is 4. The van der Waals surface area contributed by atoms with E-state index in [-0.39, 0.29) is 6.08 Å². The van der Waals surface area contributed by atoms with Crippen LogP contribution >= 0.6 is 0 Å². The first kappa shape index (κ1) is 12.6. The number of nitrogens with zero attached hydrogens (tertiary/aromatic N) is 1. The van der Waals surface area contributed by atoms with Gasteiger partial charge in [0.25, 0.3) is 0 Å². The van der Waals surface area contributed by atoms with Crippen molar-refractivity contribution in [1.82, 2.24) is 4.98 Å². The van der Waals surface area contributed by atoms with E-state index in [0.717, 1.165) is 11.3 Å². The van der Waals surface area contributed by atoms with Crippen LogP contribution in [0.4, 0.5) is 0 Å². The van der Waals surface area contributed by atoms with Crippen molar-refractivity contribution in [2.24, 2.45) is 5.73 Å². The van der Waals surface area contributed by atoms with Crippen molar-refractivity contribution in [1.29, 1.82) is 0 Å². The summed E-state index contributed by atoms with van der Waals surface area (Å²) in [4.78, 5) is 4.13. The summed E-state index contributed by atoms with van der Waals surface area (Å²) in [6, 6.07) is 6.16. The van der Waals surface area contributed by atoms with Gasteiger partial charge in [-0.25, -0.2) is 0 Å². The lowest BCUT2D eigenvalue weighted by molar-refractivity contribution is 0.329. The van der Waals surface area contributed by atoms with Crippen molar-refractivity contribution in [2.45, 2.75) is 33.2 Å². The second kappa shape index (κ2) is 5.23. The SMILES string of the molecule is Cc1ccc(C(C)C)cc1Oc1nc(CN)co1. The quantitative estimate of drug-likeness (QED) is 0.898. The van der Waals surface area contributed by atoms with Gasteiger partial charge in [0, 0.05) is 6.54 Å². The molecule has 18 heavy (non-hydrogen) atoms. The van der Waals surface area contributed by atoms with Gasteiger partial charge in [0.05, 0.1) is 5.69 Å². The Morgan fingerprint density at radius 1 is 1.39 bits per heavy atom. The Labute approximate surface area is 107 Å². The molecule has 0 bridgehead atoms. The molecule has 1 heterocycles. The second-order valence-electron chi connectivity index (χ2n) is 4.59. The fourth-order valence-corrected chi connectivity index (χ4v) is 1.61. The van der Waals surface area contributed by atoms with Gasteiger partial charge in [-0.1, -0.05) is 26.0 Å². The second-order valence-corrected chi connectivity index (χ2v) is 4.59. The van der Waals surface area contributed by atoms with Crippen LogP contribution in [0.1, 0.15) is 36.6 Å². The minimum atomic E-state index is 0.236. The lowest BCUT2D eigenvalue weighted by Crippen LogP contribution is -1.96. The molecule has 0 fully saturated rings. The van der Waals surface area contributed by atoms with Crippen LogP contribution in [0, 0.1) is 6.92 Å². The maximum absolute atomic E-state index is 5.65. The third-order valence-corrected chi connectivity index (χ3v) is 2.82. The molecule has 96 valence electrons. The van der Waals surface area contributed by atoms with Crippen molar-refractivity contribution in [2.75, 3.05) is 0 Å². The summed E-state index contributed by atoms with van der Waals surface area (Å²) in [6.07, 6.45) is 1.75. The van der Waals surface area contributed by atoms with E-state index in [1.807, 2.05) is 19.1 Å². The van der Waals surface area contributed by atoms with E-state index in [0.29, 0.717) is 18.2 Å². The molecule has 0 aliphatic rings. The van der Waals surface area contributed by atoms with Crippen LogP contribution in [0.15, 0.2) is 28.9 Å². The first-order valence-corrected chi connectivity index (χ1v) is 6.03. The predicted molar refractivity (Wildman–Crippen MR) is 69.7 cm³/mol. The number of aryl methyl sites for hydroxylation is 1. The van der Waals surface area contributed by atoms with Crippen LogP contribution in [0.3, 0.4) is 0 Å². The molecule has 0 aliphatic carbocycles. The van der Waals surface area contributed by atoms with Crippen molar-refractivity contribution >= 4 is 0 Å². The molecule has 2 N–H and O–H groups in total. The number of benzene rings is 1. The maximum Gasteiger partial charge on any atom is 0.399 e. The number of oxazole rings is 1. The standard InChI is InChI=1S/C14H18N2O2/c1-9(2)11-5-4-10(3)13(6-11)18-14-16-12(7-15)8-17-14/h4-6,8-9H,7,15H2,1-3H3. The highest BCUT2D eigenvalue weighted by atomic mass is 16.6. The first-order chi connectivity index (χ1) is 8.60. The molecule has 0 radical (unpaired) electrons. The number of hydrogen-bond donors (Lipinski definition) is 1. The van der Waals surface area contributed by atoms with Crippen LogP contribution in [-0.4, -0.2) is 4.98 Å². The Balaban J connectivity index is 2.24. The van der Waals surface area contributed by atoms with Crippen molar-refractivity contribution < 1.29 is 9.15 Å². The van der Waals surface area contributed by atoms with E-state index in [9.17, 15) is 0 Å². The fourth-order valence-electron chi connectivity index (χ4n) is 1.61. The van der Waals surface area contributed by atoms with Gasteiger partial charge in [0.2, 0.25) is 0 Å². The average Bonchev–Trinajstić information content (AvgIpc) is 2.79. The van der Waals surface area contributed by atoms with Gasteiger partial charge in [-0.2, -0.15) is 4.98 Å². The lowest BCUT2D eigenvalue weighted by Gasteiger charge is -2.10. The first-order valence-electron chi connectivity index (χ1n) is 6.03. The van der Waals surface area contributed by atoms with E-state index in [2.05, 4.69) is 24.9 Å². The minimum Gasteiger partial charge on any atom is -0.417 e. The number of nitrogens with two attached hydrogens (primary N) is 1. The monoisotopic (exact) mass is 246 g/mol. The van der Waals surface area contributed by atoms with Crippen LogP contribution in [0.5, 0.6) is 11.8 Å². The largest absolute Gasteiger partial charge is 0.417 e. The zero-order valence-corrected chi connectivity index (χ0v) is 10.9. The highest BCUT2D eigenvalue weighted by Gasteiger charge is 2.09. The van der Waals surface area contributed by atoms with E-state index in [1.165, 1.54) is 11.8 Å². The smallest absolute Gasteiger partial charge is 0.399 e. The molecule has 0 aliphatic heterocycles. The number of ether oxygens (including phenoxy) is 1.